The summed E-state index contributed by atoms with van der Waals surface area (Å²) in [6.45, 7) is 8.17. The van der Waals surface area contributed by atoms with E-state index in [4.69, 9.17) is 4.74 Å². The quantitative estimate of drug-likeness (QED) is 0.905. The maximum Gasteiger partial charge on any atom is 0.251 e. The third kappa shape index (κ3) is 4.20. The second kappa shape index (κ2) is 7.88. The standard InChI is InChI=1S/C18H23N3O2S/c1-13-12-24-18(20-13)16-5-3-15(4-6-16)17(22)19-11-14(2)21-7-9-23-10-8-21/h3-6,12,14H,7-11H2,1-2H3,(H,19,22). The van der Waals surface area contributed by atoms with E-state index in [1.165, 1.54) is 0 Å². The number of morpholine rings is 1. The number of ether oxygens (including phenoxy) is 1. The second-order valence-electron chi connectivity index (χ2n) is 6.08. The minimum absolute atomic E-state index is 0.0306. The second-order valence-corrected chi connectivity index (χ2v) is 6.94. The normalized spacial score (nSPS) is 16.8. The van der Waals surface area contributed by atoms with Gasteiger partial charge in [-0.1, -0.05) is 12.1 Å². The van der Waals surface area contributed by atoms with Crippen LogP contribution in [0.1, 0.15) is 23.0 Å². The zero-order valence-electron chi connectivity index (χ0n) is 14.1. The number of nitrogens with zero attached hydrogens (tertiary/aromatic N) is 2. The van der Waals surface area contributed by atoms with Crippen LogP contribution in [0.25, 0.3) is 10.6 Å². The summed E-state index contributed by atoms with van der Waals surface area (Å²) in [6.07, 6.45) is 0. The average Bonchev–Trinajstić information content (AvgIpc) is 3.06. The SMILES string of the molecule is Cc1csc(-c2ccc(C(=O)NCC(C)N3CCOCC3)cc2)n1. The lowest BCUT2D eigenvalue weighted by atomic mass is 10.1. The van der Waals surface area contributed by atoms with Crippen LogP contribution in [-0.2, 0) is 4.74 Å². The topological polar surface area (TPSA) is 54.5 Å². The highest BCUT2D eigenvalue weighted by molar-refractivity contribution is 7.13. The fraction of sp³-hybridized carbons (Fsp3) is 0.444. The Labute approximate surface area is 146 Å². The molecule has 5 nitrogen and oxygen atoms in total. The van der Waals surface area contributed by atoms with E-state index < -0.39 is 0 Å². The van der Waals surface area contributed by atoms with E-state index in [1.807, 2.05) is 36.6 Å². The Bertz CT molecular complexity index is 678. The number of rotatable bonds is 5. The van der Waals surface area contributed by atoms with Crippen LogP contribution in [-0.4, -0.2) is 54.7 Å². The third-order valence-electron chi connectivity index (χ3n) is 4.24. The molecule has 0 saturated carbocycles. The monoisotopic (exact) mass is 345 g/mol. The Morgan fingerprint density at radius 1 is 1.33 bits per heavy atom. The summed E-state index contributed by atoms with van der Waals surface area (Å²) < 4.78 is 5.36. The zero-order chi connectivity index (χ0) is 16.9. The molecule has 1 aliphatic rings. The predicted octanol–water partition coefficient (Wildman–Crippen LogP) is 2.57. The van der Waals surface area contributed by atoms with Crippen LogP contribution >= 0.6 is 11.3 Å². The maximum absolute atomic E-state index is 12.3. The van der Waals surface area contributed by atoms with Gasteiger partial charge in [-0.25, -0.2) is 4.98 Å². The van der Waals surface area contributed by atoms with Crippen molar-refractivity contribution in [1.82, 2.24) is 15.2 Å². The first-order valence-corrected chi connectivity index (χ1v) is 9.14. The van der Waals surface area contributed by atoms with Gasteiger partial charge < -0.3 is 10.1 Å². The highest BCUT2D eigenvalue weighted by Gasteiger charge is 2.17. The van der Waals surface area contributed by atoms with Crippen molar-refractivity contribution < 1.29 is 9.53 Å². The molecule has 2 aromatic rings. The molecular formula is C18H23N3O2S. The highest BCUT2D eigenvalue weighted by atomic mass is 32.1. The lowest BCUT2D eigenvalue weighted by Crippen LogP contribution is -2.47. The van der Waals surface area contributed by atoms with Crippen molar-refractivity contribution >= 4 is 17.2 Å². The first kappa shape index (κ1) is 17.1. The molecule has 6 heteroatoms. The number of amides is 1. The van der Waals surface area contributed by atoms with Crippen molar-refractivity contribution in [1.29, 1.82) is 0 Å². The lowest BCUT2D eigenvalue weighted by molar-refractivity contribution is 0.0204. The molecule has 0 spiro atoms. The van der Waals surface area contributed by atoms with Crippen molar-refractivity contribution in [3.63, 3.8) is 0 Å². The average molecular weight is 345 g/mol. The summed E-state index contributed by atoms with van der Waals surface area (Å²) in [5.41, 5.74) is 2.75. The number of benzene rings is 1. The van der Waals surface area contributed by atoms with Gasteiger partial charge in [0.2, 0.25) is 0 Å². The van der Waals surface area contributed by atoms with Crippen LogP contribution < -0.4 is 5.32 Å². The largest absolute Gasteiger partial charge is 0.379 e. The van der Waals surface area contributed by atoms with Crippen molar-refractivity contribution in [3.05, 3.63) is 40.9 Å². The number of carbonyl (C=O) groups excluding carboxylic acids is 1. The van der Waals surface area contributed by atoms with E-state index in [9.17, 15) is 4.79 Å². The Hall–Kier alpha value is -1.76. The van der Waals surface area contributed by atoms with Gasteiger partial charge in [-0.2, -0.15) is 0 Å². The predicted molar refractivity (Wildman–Crippen MR) is 96.5 cm³/mol. The summed E-state index contributed by atoms with van der Waals surface area (Å²) in [4.78, 5) is 19.1. The van der Waals surface area contributed by atoms with Crippen LogP contribution in [0.5, 0.6) is 0 Å². The lowest BCUT2D eigenvalue weighted by Gasteiger charge is -2.32. The number of carbonyl (C=O) groups is 1. The van der Waals surface area contributed by atoms with E-state index in [0.717, 1.165) is 42.6 Å². The van der Waals surface area contributed by atoms with E-state index in [2.05, 4.69) is 22.1 Å². The summed E-state index contributed by atoms with van der Waals surface area (Å²) in [5, 5.41) is 6.04. The van der Waals surface area contributed by atoms with Crippen molar-refractivity contribution in [2.24, 2.45) is 0 Å². The number of hydrogen-bond acceptors (Lipinski definition) is 5. The summed E-state index contributed by atoms with van der Waals surface area (Å²) >= 11 is 1.62. The van der Waals surface area contributed by atoms with Gasteiger partial charge in [0.25, 0.3) is 5.91 Å². The molecule has 1 aromatic carbocycles. The molecule has 1 saturated heterocycles. The minimum atomic E-state index is -0.0306. The van der Waals surface area contributed by atoms with E-state index in [1.54, 1.807) is 11.3 Å². The Morgan fingerprint density at radius 3 is 2.67 bits per heavy atom. The van der Waals surface area contributed by atoms with Crippen molar-refractivity contribution in [3.8, 4) is 10.6 Å². The van der Waals surface area contributed by atoms with Gasteiger partial charge in [0.05, 0.1) is 13.2 Å². The Balaban J connectivity index is 1.55. The van der Waals surface area contributed by atoms with Gasteiger partial charge in [-0.05, 0) is 26.0 Å². The molecule has 1 N–H and O–H groups in total. The van der Waals surface area contributed by atoms with Gasteiger partial charge in [-0.15, -0.1) is 11.3 Å². The van der Waals surface area contributed by atoms with Gasteiger partial charge >= 0.3 is 0 Å². The fourth-order valence-electron chi connectivity index (χ4n) is 2.74. The zero-order valence-corrected chi connectivity index (χ0v) is 14.9. The van der Waals surface area contributed by atoms with Crippen molar-refractivity contribution in [2.75, 3.05) is 32.8 Å². The number of thiazole rings is 1. The maximum atomic E-state index is 12.3. The number of aromatic nitrogens is 1. The van der Waals surface area contributed by atoms with Crippen LogP contribution in [0.15, 0.2) is 29.6 Å². The first-order valence-electron chi connectivity index (χ1n) is 8.26. The molecule has 128 valence electrons. The van der Waals surface area contributed by atoms with Crippen LogP contribution in [0, 0.1) is 6.92 Å². The van der Waals surface area contributed by atoms with Crippen LogP contribution in [0.2, 0.25) is 0 Å². The molecule has 2 heterocycles. The number of aryl methyl sites for hydroxylation is 1. The molecule has 0 bridgehead atoms. The molecule has 1 aromatic heterocycles. The summed E-state index contributed by atoms with van der Waals surface area (Å²) in [7, 11) is 0. The van der Waals surface area contributed by atoms with Crippen molar-refractivity contribution in [2.45, 2.75) is 19.9 Å². The third-order valence-corrected chi connectivity index (χ3v) is 5.25. The summed E-state index contributed by atoms with van der Waals surface area (Å²) in [5.74, 6) is -0.0306. The Kier molecular flexibility index (Phi) is 5.60. The summed E-state index contributed by atoms with van der Waals surface area (Å²) in [6, 6.07) is 7.95. The first-order chi connectivity index (χ1) is 11.6. The number of hydrogen-bond donors (Lipinski definition) is 1. The molecular weight excluding hydrogens is 322 g/mol. The van der Waals surface area contributed by atoms with Gasteiger partial charge in [0.1, 0.15) is 5.01 Å². The van der Waals surface area contributed by atoms with Gasteiger partial charge in [0, 0.05) is 47.9 Å². The minimum Gasteiger partial charge on any atom is -0.379 e. The fourth-order valence-corrected chi connectivity index (χ4v) is 3.54. The highest BCUT2D eigenvalue weighted by Crippen LogP contribution is 2.23. The van der Waals surface area contributed by atoms with Crippen LogP contribution in [0.3, 0.4) is 0 Å². The molecule has 0 radical (unpaired) electrons. The molecule has 3 rings (SSSR count). The molecule has 1 atom stereocenters. The van der Waals surface area contributed by atoms with E-state index in [0.29, 0.717) is 18.2 Å². The van der Waals surface area contributed by atoms with Crippen LogP contribution in [0.4, 0.5) is 0 Å². The Morgan fingerprint density at radius 2 is 2.04 bits per heavy atom. The van der Waals surface area contributed by atoms with Gasteiger partial charge in [-0.3, -0.25) is 9.69 Å². The molecule has 1 amide bonds. The smallest absolute Gasteiger partial charge is 0.251 e. The van der Waals surface area contributed by atoms with E-state index >= 15 is 0 Å². The molecule has 1 unspecified atom stereocenters. The molecule has 1 aliphatic heterocycles. The molecule has 24 heavy (non-hydrogen) atoms. The molecule has 0 aliphatic carbocycles. The molecule has 1 fully saturated rings. The van der Waals surface area contributed by atoms with Gasteiger partial charge in [0.15, 0.2) is 0 Å². The van der Waals surface area contributed by atoms with E-state index in [-0.39, 0.29) is 5.91 Å². The number of nitrogens with one attached hydrogen (secondary N) is 1.